The number of aryl methyl sites for hydroxylation is 2. The van der Waals surface area contributed by atoms with Gasteiger partial charge in [-0.1, -0.05) is 0 Å². The third-order valence-corrected chi connectivity index (χ3v) is 5.95. The fourth-order valence-corrected chi connectivity index (χ4v) is 3.78. The third kappa shape index (κ3) is 6.66. The Labute approximate surface area is 214 Å². The van der Waals surface area contributed by atoms with Gasteiger partial charge < -0.3 is 16.0 Å². The summed E-state index contributed by atoms with van der Waals surface area (Å²) in [7, 11) is 0. The number of fused-ring (bicyclic) bond motifs is 1. The zero-order valence-corrected chi connectivity index (χ0v) is 21.5. The van der Waals surface area contributed by atoms with E-state index in [0.717, 1.165) is 23.8 Å². The number of urea groups is 1. The number of pyridine rings is 2. The summed E-state index contributed by atoms with van der Waals surface area (Å²) in [4.78, 5) is 33.3. The molecule has 1 aliphatic rings. The highest BCUT2D eigenvalue weighted by molar-refractivity contribution is 5.95. The second kappa shape index (κ2) is 10.7. The number of aromatic nitrogens is 2. The van der Waals surface area contributed by atoms with Crippen LogP contribution >= 0.6 is 12.4 Å². The Hall–Kier alpha value is -3.33. The molecule has 192 valence electrons. The van der Waals surface area contributed by atoms with E-state index < -0.39 is 17.5 Å². The Morgan fingerprint density at radius 3 is 2.47 bits per heavy atom. The van der Waals surface area contributed by atoms with Crippen LogP contribution in [0.1, 0.15) is 44.4 Å². The molecule has 10 heteroatoms. The van der Waals surface area contributed by atoms with Gasteiger partial charge in [-0.25, -0.2) is 18.6 Å². The number of halogens is 3. The van der Waals surface area contributed by atoms with E-state index in [-0.39, 0.29) is 42.9 Å². The van der Waals surface area contributed by atoms with Crippen LogP contribution < -0.4 is 16.0 Å². The van der Waals surface area contributed by atoms with Gasteiger partial charge in [0.1, 0.15) is 17.3 Å². The fourth-order valence-electron chi connectivity index (χ4n) is 3.78. The Bertz CT molecular complexity index is 1310. The number of nitrogens with one attached hydrogen (secondary N) is 3. The zero-order valence-electron chi connectivity index (χ0n) is 20.7. The minimum Gasteiger partial charge on any atom is -0.338 e. The van der Waals surface area contributed by atoms with Crippen molar-refractivity contribution in [2.45, 2.75) is 52.6 Å². The van der Waals surface area contributed by atoms with Crippen LogP contribution in [0.3, 0.4) is 0 Å². The van der Waals surface area contributed by atoms with E-state index in [4.69, 9.17) is 0 Å². The van der Waals surface area contributed by atoms with Crippen LogP contribution in [0, 0.1) is 25.6 Å². The fraction of sp³-hybridized carbons (Fsp3) is 0.385. The summed E-state index contributed by atoms with van der Waals surface area (Å²) in [5, 5.41) is 8.65. The first-order valence-electron chi connectivity index (χ1n) is 11.6. The summed E-state index contributed by atoms with van der Waals surface area (Å²) in [6.45, 7) is 6.61. The number of anilines is 2. The molecule has 1 fully saturated rings. The van der Waals surface area contributed by atoms with Gasteiger partial charge in [0.2, 0.25) is 5.91 Å². The first-order chi connectivity index (χ1) is 16.5. The van der Waals surface area contributed by atoms with Crippen LogP contribution in [0.25, 0.3) is 22.0 Å². The molecule has 0 unspecified atom stereocenters. The first kappa shape index (κ1) is 27.3. The van der Waals surface area contributed by atoms with Crippen LogP contribution in [-0.2, 0) is 4.79 Å². The summed E-state index contributed by atoms with van der Waals surface area (Å²) < 4.78 is 28.2. The molecule has 1 aromatic carbocycles. The van der Waals surface area contributed by atoms with Gasteiger partial charge in [0.15, 0.2) is 0 Å². The van der Waals surface area contributed by atoms with Gasteiger partial charge in [-0.15, -0.1) is 12.4 Å². The molecule has 1 saturated carbocycles. The minimum absolute atomic E-state index is 0. The SMILES string of the molecule is Cc1cc(F)c(NC(=O)NCCC(C)(C)F)cc1-c1cc2cnc(NC(=O)C3CC3)cc2nc1C.Cl. The van der Waals surface area contributed by atoms with Crippen molar-refractivity contribution < 1.29 is 18.4 Å². The standard InChI is InChI=1S/C26H29F2N5O2.ClH/c1-14-9-20(27)22(32-25(35)29-8-7-26(3,4)28)11-18(14)19-10-17-13-30-23(12-21(17)31-15(19)2)33-24(34)16-5-6-16;/h9-13,16H,5-8H2,1-4H3,(H2,29,32,35)(H,30,33,34);1H. The van der Waals surface area contributed by atoms with Crippen LogP contribution in [0.5, 0.6) is 0 Å². The zero-order chi connectivity index (χ0) is 25.3. The average Bonchev–Trinajstić information content (AvgIpc) is 3.60. The predicted molar refractivity (Wildman–Crippen MR) is 140 cm³/mol. The second-order valence-corrected chi connectivity index (χ2v) is 9.64. The lowest BCUT2D eigenvalue weighted by atomic mass is 9.97. The summed E-state index contributed by atoms with van der Waals surface area (Å²) in [5.41, 5.74) is 2.16. The molecular formula is C26H30ClF2N5O2. The lowest BCUT2D eigenvalue weighted by Gasteiger charge is -2.16. The molecule has 3 amide bonds. The van der Waals surface area contributed by atoms with E-state index in [2.05, 4.69) is 25.9 Å². The Balaban J connectivity index is 0.00000361. The number of hydrogen-bond donors (Lipinski definition) is 3. The molecule has 0 aliphatic heterocycles. The van der Waals surface area contributed by atoms with Gasteiger partial charge in [0, 0.05) is 41.4 Å². The molecule has 0 bridgehead atoms. The predicted octanol–water partition coefficient (Wildman–Crippen LogP) is 6.08. The molecule has 3 aromatic rings. The summed E-state index contributed by atoms with van der Waals surface area (Å²) in [5.74, 6) is -0.0620. The molecular weight excluding hydrogens is 488 g/mol. The first-order valence-corrected chi connectivity index (χ1v) is 11.6. The molecule has 0 atom stereocenters. The number of hydrogen-bond acceptors (Lipinski definition) is 4. The topological polar surface area (TPSA) is 96.0 Å². The highest BCUT2D eigenvalue weighted by Crippen LogP contribution is 2.33. The third-order valence-electron chi connectivity index (χ3n) is 5.95. The van der Waals surface area contributed by atoms with Crippen molar-refractivity contribution in [3.05, 3.63) is 47.5 Å². The maximum absolute atomic E-state index is 14.6. The van der Waals surface area contributed by atoms with E-state index >= 15 is 0 Å². The van der Waals surface area contributed by atoms with Gasteiger partial charge >= 0.3 is 6.03 Å². The molecule has 7 nitrogen and oxygen atoms in total. The largest absolute Gasteiger partial charge is 0.338 e. The average molecular weight is 518 g/mol. The van der Waals surface area contributed by atoms with E-state index in [0.29, 0.717) is 28.2 Å². The van der Waals surface area contributed by atoms with Crippen molar-refractivity contribution in [2.75, 3.05) is 17.2 Å². The monoisotopic (exact) mass is 517 g/mol. The van der Waals surface area contributed by atoms with Gasteiger partial charge in [0.05, 0.1) is 11.2 Å². The van der Waals surface area contributed by atoms with Crippen molar-refractivity contribution in [1.29, 1.82) is 0 Å². The van der Waals surface area contributed by atoms with Crippen LogP contribution in [0.15, 0.2) is 30.5 Å². The van der Waals surface area contributed by atoms with Crippen molar-refractivity contribution >= 4 is 46.8 Å². The normalized spacial score (nSPS) is 13.2. The van der Waals surface area contributed by atoms with Crippen molar-refractivity contribution in [3.8, 4) is 11.1 Å². The van der Waals surface area contributed by atoms with E-state index in [1.807, 2.05) is 13.0 Å². The number of nitrogens with zero attached hydrogens (tertiary/aromatic N) is 2. The molecule has 2 aromatic heterocycles. The number of amides is 3. The Morgan fingerprint density at radius 2 is 1.81 bits per heavy atom. The van der Waals surface area contributed by atoms with Gasteiger partial charge in [0.25, 0.3) is 0 Å². The van der Waals surface area contributed by atoms with Gasteiger partial charge in [-0.3, -0.25) is 9.78 Å². The lowest BCUT2D eigenvalue weighted by Crippen LogP contribution is -2.32. The Kier molecular flexibility index (Phi) is 8.13. The van der Waals surface area contributed by atoms with Gasteiger partial charge in [-0.2, -0.15) is 0 Å². The number of benzene rings is 1. The van der Waals surface area contributed by atoms with Crippen molar-refractivity contribution in [1.82, 2.24) is 15.3 Å². The molecule has 0 spiro atoms. The van der Waals surface area contributed by atoms with E-state index in [1.54, 1.807) is 25.3 Å². The smallest absolute Gasteiger partial charge is 0.319 e. The van der Waals surface area contributed by atoms with Crippen LogP contribution in [0.2, 0.25) is 0 Å². The van der Waals surface area contributed by atoms with Crippen molar-refractivity contribution in [2.24, 2.45) is 5.92 Å². The second-order valence-electron chi connectivity index (χ2n) is 9.64. The van der Waals surface area contributed by atoms with Crippen molar-refractivity contribution in [3.63, 3.8) is 0 Å². The van der Waals surface area contributed by atoms with E-state index in [1.165, 1.54) is 19.9 Å². The van der Waals surface area contributed by atoms with Crippen LogP contribution in [0.4, 0.5) is 25.1 Å². The van der Waals surface area contributed by atoms with E-state index in [9.17, 15) is 18.4 Å². The highest BCUT2D eigenvalue weighted by atomic mass is 35.5. The van der Waals surface area contributed by atoms with Gasteiger partial charge in [-0.05, 0) is 76.3 Å². The summed E-state index contributed by atoms with van der Waals surface area (Å²) in [6, 6.07) is 5.95. The molecule has 36 heavy (non-hydrogen) atoms. The quantitative estimate of drug-likeness (QED) is 0.353. The maximum atomic E-state index is 14.6. The summed E-state index contributed by atoms with van der Waals surface area (Å²) in [6.07, 6.45) is 3.60. The molecule has 3 N–H and O–H groups in total. The van der Waals surface area contributed by atoms with Crippen LogP contribution in [-0.4, -0.2) is 34.1 Å². The molecule has 0 saturated heterocycles. The number of carbonyl (C=O) groups excluding carboxylic acids is 2. The number of rotatable bonds is 7. The number of alkyl halides is 1. The molecule has 4 rings (SSSR count). The highest BCUT2D eigenvalue weighted by Gasteiger charge is 2.29. The molecule has 2 heterocycles. The lowest BCUT2D eigenvalue weighted by molar-refractivity contribution is -0.117. The maximum Gasteiger partial charge on any atom is 0.319 e. The summed E-state index contributed by atoms with van der Waals surface area (Å²) >= 11 is 0. The minimum atomic E-state index is -1.41. The molecule has 1 aliphatic carbocycles. The number of carbonyl (C=O) groups is 2. The molecule has 0 radical (unpaired) electrons. The Morgan fingerprint density at radius 1 is 1.08 bits per heavy atom.